The second-order valence-corrected chi connectivity index (χ2v) is 8.03. The molecule has 5 nitrogen and oxygen atoms in total. The fraction of sp³-hybridized carbons (Fsp3) is 0.409. The first-order chi connectivity index (χ1) is 13.6. The van der Waals surface area contributed by atoms with E-state index in [2.05, 4.69) is 26.1 Å². The molecule has 0 bridgehead atoms. The maximum Gasteiger partial charge on any atom is 0.322 e. The summed E-state index contributed by atoms with van der Waals surface area (Å²) >= 11 is 3.43. The smallest absolute Gasteiger partial charge is 0.322 e. The maximum absolute atomic E-state index is 13.0. The average molecular weight is 446 g/mol. The van der Waals surface area contributed by atoms with Crippen LogP contribution in [0.3, 0.4) is 0 Å². The number of anilines is 1. The van der Waals surface area contributed by atoms with E-state index in [1.807, 2.05) is 53.4 Å². The van der Waals surface area contributed by atoms with Crippen LogP contribution < -0.4 is 10.1 Å². The number of hydrogen-bond donors (Lipinski definition) is 1. The van der Waals surface area contributed by atoms with E-state index in [0.717, 1.165) is 41.1 Å². The monoisotopic (exact) mass is 445 g/mol. The third kappa shape index (κ3) is 6.24. The minimum Gasteiger partial charge on any atom is -0.497 e. The molecule has 0 aliphatic carbocycles. The highest BCUT2D eigenvalue weighted by atomic mass is 79.9. The number of halogens is 1. The van der Waals surface area contributed by atoms with Gasteiger partial charge in [0.15, 0.2) is 0 Å². The number of carbonyl (C=O) groups excluding carboxylic acids is 1. The summed E-state index contributed by atoms with van der Waals surface area (Å²) < 4.78 is 6.32. The minimum absolute atomic E-state index is 0.0813. The summed E-state index contributed by atoms with van der Waals surface area (Å²) in [5, 5.41) is 3.02. The summed E-state index contributed by atoms with van der Waals surface area (Å²) in [5.74, 6) is 0.807. The van der Waals surface area contributed by atoms with Crippen molar-refractivity contribution in [2.45, 2.75) is 25.8 Å². The van der Waals surface area contributed by atoms with Gasteiger partial charge in [-0.1, -0.05) is 34.5 Å². The Bertz CT molecular complexity index is 761. The van der Waals surface area contributed by atoms with Crippen LogP contribution in [-0.4, -0.2) is 49.1 Å². The van der Waals surface area contributed by atoms with Crippen LogP contribution in [0.2, 0.25) is 0 Å². The Morgan fingerprint density at radius 2 is 1.89 bits per heavy atom. The van der Waals surface area contributed by atoms with E-state index in [0.29, 0.717) is 13.1 Å². The van der Waals surface area contributed by atoms with Gasteiger partial charge in [0.1, 0.15) is 5.75 Å². The average Bonchev–Trinajstić information content (AvgIpc) is 2.73. The Labute approximate surface area is 175 Å². The fourth-order valence-electron chi connectivity index (χ4n) is 3.42. The van der Waals surface area contributed by atoms with Crippen molar-refractivity contribution in [1.82, 2.24) is 9.80 Å². The van der Waals surface area contributed by atoms with Crippen LogP contribution in [-0.2, 0) is 6.54 Å². The first kappa shape index (κ1) is 20.7. The number of piperidine rings is 1. The molecular weight excluding hydrogens is 418 g/mol. The Hall–Kier alpha value is -2.05. The van der Waals surface area contributed by atoms with Gasteiger partial charge in [0.05, 0.1) is 7.11 Å². The van der Waals surface area contributed by atoms with E-state index in [-0.39, 0.29) is 6.03 Å². The summed E-state index contributed by atoms with van der Waals surface area (Å²) in [5.41, 5.74) is 1.85. The topological polar surface area (TPSA) is 44.8 Å². The summed E-state index contributed by atoms with van der Waals surface area (Å²) in [6, 6.07) is 15.5. The number of nitrogens with zero attached hydrogens (tertiary/aromatic N) is 2. The van der Waals surface area contributed by atoms with Crippen molar-refractivity contribution >= 4 is 27.6 Å². The molecule has 2 aromatic rings. The first-order valence-corrected chi connectivity index (χ1v) is 10.6. The lowest BCUT2D eigenvalue weighted by molar-refractivity contribution is 0.178. The zero-order valence-corrected chi connectivity index (χ0v) is 18.0. The second kappa shape index (κ2) is 10.5. The molecule has 0 aromatic heterocycles. The Morgan fingerprint density at radius 1 is 1.14 bits per heavy atom. The van der Waals surface area contributed by atoms with Crippen molar-refractivity contribution in [3.63, 3.8) is 0 Å². The molecule has 2 amide bonds. The highest BCUT2D eigenvalue weighted by molar-refractivity contribution is 9.10. The van der Waals surface area contributed by atoms with Gasteiger partial charge in [-0.25, -0.2) is 4.79 Å². The quantitative estimate of drug-likeness (QED) is 0.653. The van der Waals surface area contributed by atoms with Gasteiger partial charge in [-0.05, 0) is 67.9 Å². The van der Waals surface area contributed by atoms with Crippen molar-refractivity contribution in [2.24, 2.45) is 0 Å². The molecule has 0 radical (unpaired) electrons. The minimum atomic E-state index is -0.0813. The number of methoxy groups -OCH3 is 1. The molecule has 1 aliphatic heterocycles. The van der Waals surface area contributed by atoms with Crippen LogP contribution in [0.1, 0.15) is 24.8 Å². The third-order valence-electron chi connectivity index (χ3n) is 5.03. The predicted molar refractivity (Wildman–Crippen MR) is 117 cm³/mol. The SMILES string of the molecule is COc1cccc(CN(CCN2CCCCC2)C(=O)Nc2ccc(Br)cc2)c1. The first-order valence-electron chi connectivity index (χ1n) is 9.81. The van der Waals surface area contributed by atoms with Gasteiger partial charge in [-0.2, -0.15) is 0 Å². The van der Waals surface area contributed by atoms with E-state index in [1.165, 1.54) is 19.3 Å². The molecule has 6 heteroatoms. The van der Waals surface area contributed by atoms with Gasteiger partial charge < -0.3 is 19.9 Å². The molecule has 3 rings (SSSR count). The number of urea groups is 1. The van der Waals surface area contributed by atoms with Gasteiger partial charge in [0.2, 0.25) is 0 Å². The van der Waals surface area contributed by atoms with E-state index >= 15 is 0 Å². The van der Waals surface area contributed by atoms with Crippen molar-refractivity contribution in [3.05, 3.63) is 58.6 Å². The largest absolute Gasteiger partial charge is 0.497 e. The number of ether oxygens (including phenoxy) is 1. The van der Waals surface area contributed by atoms with Crippen LogP contribution in [0.5, 0.6) is 5.75 Å². The fourth-order valence-corrected chi connectivity index (χ4v) is 3.69. The van der Waals surface area contributed by atoms with Crippen LogP contribution in [0.15, 0.2) is 53.0 Å². The van der Waals surface area contributed by atoms with Crippen molar-refractivity contribution in [2.75, 3.05) is 38.6 Å². The van der Waals surface area contributed by atoms with Crippen molar-refractivity contribution in [1.29, 1.82) is 0 Å². The summed E-state index contributed by atoms with van der Waals surface area (Å²) in [7, 11) is 1.66. The van der Waals surface area contributed by atoms with Gasteiger partial charge in [-0.3, -0.25) is 0 Å². The molecule has 1 N–H and O–H groups in total. The lowest BCUT2D eigenvalue weighted by atomic mass is 10.1. The zero-order chi connectivity index (χ0) is 19.8. The maximum atomic E-state index is 13.0. The third-order valence-corrected chi connectivity index (χ3v) is 5.55. The molecule has 1 heterocycles. The molecule has 0 atom stereocenters. The van der Waals surface area contributed by atoms with Crippen LogP contribution in [0, 0.1) is 0 Å². The molecule has 0 unspecified atom stereocenters. The number of likely N-dealkylation sites (tertiary alicyclic amines) is 1. The van der Waals surface area contributed by atoms with E-state index in [4.69, 9.17) is 4.74 Å². The summed E-state index contributed by atoms with van der Waals surface area (Å²) in [6.45, 7) is 4.40. The molecule has 1 saturated heterocycles. The number of amides is 2. The molecule has 1 fully saturated rings. The van der Waals surface area contributed by atoms with E-state index in [9.17, 15) is 4.79 Å². The molecule has 0 saturated carbocycles. The standard InChI is InChI=1S/C22H28BrN3O2/c1-28-21-7-5-6-18(16-21)17-26(15-14-25-12-3-2-4-13-25)22(27)24-20-10-8-19(23)9-11-20/h5-11,16H,2-4,12-15,17H2,1H3,(H,24,27). The highest BCUT2D eigenvalue weighted by Crippen LogP contribution is 2.18. The van der Waals surface area contributed by atoms with Crippen molar-refractivity contribution in [3.8, 4) is 5.75 Å². The van der Waals surface area contributed by atoms with Gasteiger partial charge in [0, 0.05) is 29.8 Å². The van der Waals surface area contributed by atoms with Gasteiger partial charge >= 0.3 is 6.03 Å². The highest BCUT2D eigenvalue weighted by Gasteiger charge is 2.17. The molecule has 150 valence electrons. The zero-order valence-electron chi connectivity index (χ0n) is 16.4. The normalized spacial score (nSPS) is 14.5. The van der Waals surface area contributed by atoms with E-state index < -0.39 is 0 Å². The lowest BCUT2D eigenvalue weighted by Crippen LogP contribution is -2.41. The van der Waals surface area contributed by atoms with Crippen LogP contribution in [0.25, 0.3) is 0 Å². The number of hydrogen-bond acceptors (Lipinski definition) is 3. The predicted octanol–water partition coefficient (Wildman–Crippen LogP) is 4.98. The number of rotatable bonds is 7. The molecule has 28 heavy (non-hydrogen) atoms. The van der Waals surface area contributed by atoms with Crippen LogP contribution in [0.4, 0.5) is 10.5 Å². The molecular formula is C22H28BrN3O2. The summed E-state index contributed by atoms with van der Waals surface area (Å²) in [4.78, 5) is 17.3. The summed E-state index contributed by atoms with van der Waals surface area (Å²) in [6.07, 6.45) is 3.82. The Balaban J connectivity index is 1.68. The van der Waals surface area contributed by atoms with E-state index in [1.54, 1.807) is 7.11 Å². The Kier molecular flexibility index (Phi) is 7.74. The van der Waals surface area contributed by atoms with Crippen molar-refractivity contribution < 1.29 is 9.53 Å². The molecule has 2 aromatic carbocycles. The molecule has 1 aliphatic rings. The lowest BCUT2D eigenvalue weighted by Gasteiger charge is -2.30. The number of nitrogens with one attached hydrogen (secondary N) is 1. The Morgan fingerprint density at radius 3 is 2.61 bits per heavy atom. The number of benzene rings is 2. The van der Waals surface area contributed by atoms with Gasteiger partial charge in [-0.15, -0.1) is 0 Å². The molecule has 0 spiro atoms. The number of carbonyl (C=O) groups is 1. The van der Waals surface area contributed by atoms with Crippen LogP contribution >= 0.6 is 15.9 Å². The van der Waals surface area contributed by atoms with Gasteiger partial charge in [0.25, 0.3) is 0 Å². The second-order valence-electron chi connectivity index (χ2n) is 7.11.